The van der Waals surface area contributed by atoms with Gasteiger partial charge in [-0.05, 0) is 56.0 Å². The van der Waals surface area contributed by atoms with Crippen LogP contribution in [0.25, 0.3) is 11.0 Å². The minimum absolute atomic E-state index is 0.256. The van der Waals surface area contributed by atoms with Crippen molar-refractivity contribution in [2.45, 2.75) is 52.1 Å². The second-order valence-electron chi connectivity index (χ2n) is 9.52. The van der Waals surface area contributed by atoms with Crippen molar-refractivity contribution >= 4 is 16.7 Å². The zero-order chi connectivity index (χ0) is 23.3. The molecule has 0 unspecified atom stereocenters. The fourth-order valence-corrected chi connectivity index (χ4v) is 5.42. The first kappa shape index (κ1) is 22.7. The van der Waals surface area contributed by atoms with E-state index in [-0.39, 0.29) is 5.82 Å². The van der Waals surface area contributed by atoms with Crippen molar-refractivity contribution in [2.75, 3.05) is 37.7 Å². The summed E-state index contributed by atoms with van der Waals surface area (Å²) in [5, 5.41) is 10.4. The third kappa shape index (κ3) is 5.02. The van der Waals surface area contributed by atoms with Crippen LogP contribution in [0.1, 0.15) is 50.5 Å². The van der Waals surface area contributed by atoms with Crippen LogP contribution in [0, 0.1) is 17.2 Å². The molecular formula is C27H34N6O. The third-order valence-corrected chi connectivity index (χ3v) is 7.26. The van der Waals surface area contributed by atoms with Crippen LogP contribution in [0.5, 0.6) is 5.75 Å². The molecule has 1 aromatic carbocycles. The monoisotopic (exact) mass is 458 g/mol. The van der Waals surface area contributed by atoms with E-state index in [4.69, 9.17) is 4.74 Å². The van der Waals surface area contributed by atoms with Crippen molar-refractivity contribution < 1.29 is 4.74 Å². The average molecular weight is 459 g/mol. The van der Waals surface area contributed by atoms with Crippen LogP contribution in [0.3, 0.4) is 0 Å². The average Bonchev–Trinajstić information content (AvgIpc) is 3.21. The molecule has 34 heavy (non-hydrogen) atoms. The zero-order valence-electron chi connectivity index (χ0n) is 20.1. The predicted octanol–water partition coefficient (Wildman–Crippen LogP) is 4.60. The zero-order valence-corrected chi connectivity index (χ0v) is 20.1. The molecule has 1 saturated carbocycles. The molecule has 0 amide bonds. The Kier molecular flexibility index (Phi) is 6.96. The Morgan fingerprint density at radius 3 is 2.53 bits per heavy atom. The van der Waals surface area contributed by atoms with Crippen molar-refractivity contribution in [1.82, 2.24) is 19.4 Å². The smallest absolute Gasteiger partial charge is 0.234 e. The summed E-state index contributed by atoms with van der Waals surface area (Å²) in [7, 11) is 0. The number of fused-ring (bicyclic) bond motifs is 1. The van der Waals surface area contributed by atoms with Crippen LogP contribution in [-0.4, -0.2) is 52.2 Å². The Labute approximate surface area is 202 Å². The van der Waals surface area contributed by atoms with Gasteiger partial charge in [0.25, 0.3) is 0 Å². The summed E-state index contributed by atoms with van der Waals surface area (Å²) < 4.78 is 7.96. The first-order chi connectivity index (χ1) is 16.7. The van der Waals surface area contributed by atoms with Crippen LogP contribution < -0.4 is 9.64 Å². The van der Waals surface area contributed by atoms with Crippen LogP contribution in [-0.2, 0) is 13.1 Å². The summed E-state index contributed by atoms with van der Waals surface area (Å²) in [4.78, 5) is 13.8. The summed E-state index contributed by atoms with van der Waals surface area (Å²) in [6, 6.07) is 12.8. The maximum Gasteiger partial charge on any atom is 0.234 e. The van der Waals surface area contributed by atoms with Gasteiger partial charge in [0.2, 0.25) is 5.82 Å². The maximum atomic E-state index is 9.33. The van der Waals surface area contributed by atoms with E-state index >= 15 is 0 Å². The third-order valence-electron chi connectivity index (χ3n) is 7.26. The fourth-order valence-electron chi connectivity index (χ4n) is 5.42. The van der Waals surface area contributed by atoms with Gasteiger partial charge in [-0.15, -0.1) is 0 Å². The lowest BCUT2D eigenvalue weighted by atomic mass is 9.89. The van der Waals surface area contributed by atoms with E-state index in [1.807, 2.05) is 13.1 Å². The SMILES string of the molecule is CCOc1ccc(N2CCN(Cc3cc4cnc(C#N)nc4n3CC3CCCCC3)CC2)cc1. The molecule has 2 aliphatic rings. The van der Waals surface area contributed by atoms with Crippen molar-refractivity contribution in [1.29, 1.82) is 5.26 Å². The Hall–Kier alpha value is -3.11. The van der Waals surface area contributed by atoms with Gasteiger partial charge in [0.1, 0.15) is 17.5 Å². The standard InChI is InChI=1S/C27H34N6O/c1-2-34-25-10-8-23(9-11-25)32-14-12-31(13-15-32)20-24-16-22-18-29-26(17-28)30-27(22)33(24)19-21-6-4-3-5-7-21/h8-11,16,18,21H,2-7,12-15,19-20H2,1H3. The molecule has 1 aliphatic heterocycles. The lowest BCUT2D eigenvalue weighted by molar-refractivity contribution is 0.240. The molecule has 0 atom stereocenters. The topological polar surface area (TPSA) is 70.2 Å². The molecule has 0 bridgehead atoms. The molecule has 5 rings (SSSR count). The van der Waals surface area contributed by atoms with Gasteiger partial charge in [0.15, 0.2) is 0 Å². The number of aromatic nitrogens is 3. The lowest BCUT2D eigenvalue weighted by Gasteiger charge is -2.36. The van der Waals surface area contributed by atoms with Gasteiger partial charge in [-0.2, -0.15) is 5.26 Å². The summed E-state index contributed by atoms with van der Waals surface area (Å²) in [6.45, 7) is 8.66. The van der Waals surface area contributed by atoms with Crippen LogP contribution >= 0.6 is 0 Å². The molecule has 3 heterocycles. The molecule has 0 N–H and O–H groups in total. The van der Waals surface area contributed by atoms with E-state index in [0.717, 1.165) is 56.1 Å². The number of piperazine rings is 1. The number of nitriles is 1. The first-order valence-electron chi connectivity index (χ1n) is 12.7. The molecule has 178 valence electrons. The quantitative estimate of drug-likeness (QED) is 0.515. The number of nitrogens with zero attached hydrogens (tertiary/aromatic N) is 6. The van der Waals surface area contributed by atoms with Crippen molar-refractivity contribution in [2.24, 2.45) is 5.92 Å². The van der Waals surface area contributed by atoms with Gasteiger partial charge in [0.05, 0.1) is 6.61 Å². The van der Waals surface area contributed by atoms with Crippen LogP contribution in [0.15, 0.2) is 36.5 Å². The summed E-state index contributed by atoms with van der Waals surface area (Å²) in [5.41, 5.74) is 3.47. The second kappa shape index (κ2) is 10.4. The minimum Gasteiger partial charge on any atom is -0.494 e. The van der Waals surface area contributed by atoms with E-state index < -0.39 is 0 Å². The summed E-state index contributed by atoms with van der Waals surface area (Å²) in [5.74, 6) is 1.88. The van der Waals surface area contributed by atoms with Crippen molar-refractivity contribution in [3.8, 4) is 11.8 Å². The van der Waals surface area contributed by atoms with Crippen LogP contribution in [0.4, 0.5) is 5.69 Å². The normalized spacial score (nSPS) is 17.7. The largest absolute Gasteiger partial charge is 0.494 e. The second-order valence-corrected chi connectivity index (χ2v) is 9.52. The van der Waals surface area contributed by atoms with Gasteiger partial charge in [0, 0.05) is 62.2 Å². The molecule has 1 aliphatic carbocycles. The van der Waals surface area contributed by atoms with Crippen molar-refractivity contribution in [3.63, 3.8) is 0 Å². The Balaban J connectivity index is 1.29. The molecule has 1 saturated heterocycles. The first-order valence-corrected chi connectivity index (χ1v) is 12.7. The van der Waals surface area contributed by atoms with Crippen LogP contribution in [0.2, 0.25) is 0 Å². The lowest BCUT2D eigenvalue weighted by Crippen LogP contribution is -2.46. The van der Waals surface area contributed by atoms with E-state index in [0.29, 0.717) is 12.5 Å². The Bertz CT molecular complexity index is 1130. The molecular weight excluding hydrogens is 424 g/mol. The molecule has 0 radical (unpaired) electrons. The van der Waals surface area contributed by atoms with Gasteiger partial charge in [-0.1, -0.05) is 19.3 Å². The van der Waals surface area contributed by atoms with E-state index in [9.17, 15) is 5.26 Å². The summed E-state index contributed by atoms with van der Waals surface area (Å²) >= 11 is 0. The highest BCUT2D eigenvalue weighted by Gasteiger charge is 2.22. The fraction of sp³-hybridized carbons (Fsp3) is 0.519. The Morgan fingerprint density at radius 2 is 1.82 bits per heavy atom. The number of hydrogen-bond donors (Lipinski definition) is 0. The molecule has 2 fully saturated rings. The molecule has 2 aromatic heterocycles. The predicted molar refractivity (Wildman–Crippen MR) is 134 cm³/mol. The van der Waals surface area contributed by atoms with Gasteiger partial charge < -0.3 is 14.2 Å². The molecule has 7 nitrogen and oxygen atoms in total. The highest BCUT2D eigenvalue weighted by Crippen LogP contribution is 2.29. The van der Waals surface area contributed by atoms with Gasteiger partial charge >= 0.3 is 0 Å². The number of hydrogen-bond acceptors (Lipinski definition) is 6. The molecule has 0 spiro atoms. The number of rotatable bonds is 7. The van der Waals surface area contributed by atoms with E-state index in [1.165, 1.54) is 43.5 Å². The molecule has 3 aromatic rings. The van der Waals surface area contributed by atoms with Crippen molar-refractivity contribution in [3.05, 3.63) is 48.0 Å². The minimum atomic E-state index is 0.256. The number of benzene rings is 1. The van der Waals surface area contributed by atoms with Gasteiger partial charge in [-0.25, -0.2) is 9.97 Å². The van der Waals surface area contributed by atoms with Gasteiger partial charge in [-0.3, -0.25) is 4.90 Å². The van der Waals surface area contributed by atoms with E-state index in [1.54, 1.807) is 0 Å². The highest BCUT2D eigenvalue weighted by molar-refractivity contribution is 5.77. The number of ether oxygens (including phenoxy) is 1. The Morgan fingerprint density at radius 1 is 1.06 bits per heavy atom. The maximum absolute atomic E-state index is 9.33. The number of anilines is 1. The molecule has 7 heteroatoms. The summed E-state index contributed by atoms with van der Waals surface area (Å²) in [6.07, 6.45) is 8.39. The van der Waals surface area contributed by atoms with E-state index in [2.05, 4.69) is 60.7 Å². The highest BCUT2D eigenvalue weighted by atomic mass is 16.5.